The molecule has 4 heteroatoms. The highest BCUT2D eigenvalue weighted by Gasteiger charge is 2.13. The first-order valence-corrected chi connectivity index (χ1v) is 6.87. The molecule has 0 unspecified atom stereocenters. The number of fused-ring (bicyclic) bond motifs is 1. The highest BCUT2D eigenvalue weighted by molar-refractivity contribution is 5.82. The van der Waals surface area contributed by atoms with Crippen LogP contribution in [-0.4, -0.2) is 14.8 Å². The van der Waals surface area contributed by atoms with Crippen LogP contribution in [0.1, 0.15) is 26.3 Å². The first-order valence-electron chi connectivity index (χ1n) is 6.87. The number of H-pyrrole nitrogens is 1. The van der Waals surface area contributed by atoms with Gasteiger partial charge >= 0.3 is 0 Å². The highest BCUT2D eigenvalue weighted by Crippen LogP contribution is 2.19. The van der Waals surface area contributed by atoms with Crippen molar-refractivity contribution >= 4 is 16.6 Å². The summed E-state index contributed by atoms with van der Waals surface area (Å²) in [5.74, 6) is 0. The van der Waals surface area contributed by atoms with E-state index in [1.165, 1.54) is 10.9 Å². The van der Waals surface area contributed by atoms with Crippen LogP contribution in [0.5, 0.6) is 0 Å². The Labute approximate surface area is 118 Å². The van der Waals surface area contributed by atoms with Gasteiger partial charge in [0, 0.05) is 41.1 Å². The topological polar surface area (TPSA) is 45.6 Å². The maximum Gasteiger partial charge on any atom is 0.0543 e. The second-order valence-electron chi connectivity index (χ2n) is 6.10. The van der Waals surface area contributed by atoms with Gasteiger partial charge in [0.2, 0.25) is 0 Å². The van der Waals surface area contributed by atoms with Crippen LogP contribution in [0.15, 0.2) is 42.9 Å². The van der Waals surface area contributed by atoms with Crippen molar-refractivity contribution in [3.05, 3.63) is 48.4 Å². The van der Waals surface area contributed by atoms with Crippen molar-refractivity contribution in [3.63, 3.8) is 0 Å². The molecule has 104 valence electrons. The number of aromatic amines is 1. The van der Waals surface area contributed by atoms with Crippen LogP contribution < -0.4 is 5.32 Å². The third-order valence-corrected chi connectivity index (χ3v) is 3.37. The van der Waals surface area contributed by atoms with Gasteiger partial charge in [-0.05, 0) is 45.0 Å². The van der Waals surface area contributed by atoms with Crippen LogP contribution in [0.4, 0.5) is 5.69 Å². The molecular formula is C16H20N4. The molecule has 4 nitrogen and oxygen atoms in total. The third-order valence-electron chi connectivity index (χ3n) is 3.37. The number of aromatic nitrogens is 3. The summed E-state index contributed by atoms with van der Waals surface area (Å²) in [7, 11) is 0. The molecule has 0 atom stereocenters. The second-order valence-corrected chi connectivity index (χ2v) is 6.10. The summed E-state index contributed by atoms with van der Waals surface area (Å²) in [4.78, 5) is 3.20. The molecule has 1 aromatic carbocycles. The third kappa shape index (κ3) is 2.54. The minimum atomic E-state index is 0.0300. The molecule has 0 saturated heterocycles. The number of hydrogen-bond donors (Lipinski definition) is 2. The Morgan fingerprint density at radius 2 is 2.10 bits per heavy atom. The smallest absolute Gasteiger partial charge is 0.0543 e. The summed E-state index contributed by atoms with van der Waals surface area (Å²) in [5.41, 5.74) is 3.51. The number of nitrogens with one attached hydrogen (secondary N) is 2. The molecule has 0 fully saturated rings. The predicted octanol–water partition coefficient (Wildman–Crippen LogP) is 3.73. The zero-order chi connectivity index (χ0) is 14.2. The van der Waals surface area contributed by atoms with Crippen LogP contribution in [0.3, 0.4) is 0 Å². The average Bonchev–Trinajstić information content (AvgIpc) is 3.04. The normalized spacial score (nSPS) is 11.9. The van der Waals surface area contributed by atoms with Crippen LogP contribution in [0.2, 0.25) is 0 Å². The van der Waals surface area contributed by atoms with Gasteiger partial charge in [0.1, 0.15) is 0 Å². The van der Waals surface area contributed by atoms with E-state index in [0.717, 1.165) is 17.7 Å². The van der Waals surface area contributed by atoms with E-state index in [1.807, 2.05) is 17.1 Å². The minimum absolute atomic E-state index is 0.0300. The van der Waals surface area contributed by atoms with Crippen molar-refractivity contribution in [1.29, 1.82) is 0 Å². The van der Waals surface area contributed by atoms with Crippen molar-refractivity contribution in [2.75, 3.05) is 5.32 Å². The standard InChI is InChI=1S/C16H20N4/c1-16(2,3)20-11-12(10-19-20)9-18-14-4-5-15-13(8-14)6-7-17-15/h4-8,10-11,17-18H,9H2,1-3H3. The Morgan fingerprint density at radius 3 is 2.85 bits per heavy atom. The highest BCUT2D eigenvalue weighted by atomic mass is 15.3. The maximum absolute atomic E-state index is 4.41. The molecule has 0 radical (unpaired) electrons. The SMILES string of the molecule is CC(C)(C)n1cc(CNc2ccc3[nH]ccc3c2)cn1. The van der Waals surface area contributed by atoms with Crippen LogP contribution >= 0.6 is 0 Å². The van der Waals surface area contributed by atoms with Crippen molar-refractivity contribution in [3.8, 4) is 0 Å². The first kappa shape index (κ1) is 12.8. The van der Waals surface area contributed by atoms with E-state index in [0.29, 0.717) is 0 Å². The van der Waals surface area contributed by atoms with E-state index in [9.17, 15) is 0 Å². The number of anilines is 1. The number of hydrogen-bond acceptors (Lipinski definition) is 2. The molecule has 0 saturated carbocycles. The molecule has 2 aromatic heterocycles. The lowest BCUT2D eigenvalue weighted by Crippen LogP contribution is -2.21. The van der Waals surface area contributed by atoms with Gasteiger partial charge in [0.05, 0.1) is 11.7 Å². The van der Waals surface area contributed by atoms with Gasteiger partial charge < -0.3 is 10.3 Å². The van der Waals surface area contributed by atoms with Gasteiger partial charge in [-0.1, -0.05) is 0 Å². The summed E-state index contributed by atoms with van der Waals surface area (Å²) in [6.45, 7) is 7.23. The largest absolute Gasteiger partial charge is 0.381 e. The molecule has 0 bridgehead atoms. The van der Waals surface area contributed by atoms with Crippen LogP contribution in [0, 0.1) is 0 Å². The molecule has 3 rings (SSSR count). The number of benzene rings is 1. The number of rotatable bonds is 3. The molecule has 2 N–H and O–H groups in total. The van der Waals surface area contributed by atoms with Crippen molar-refractivity contribution in [2.45, 2.75) is 32.9 Å². The summed E-state index contributed by atoms with van der Waals surface area (Å²) in [6.07, 6.45) is 5.98. The fraction of sp³-hybridized carbons (Fsp3) is 0.312. The predicted molar refractivity (Wildman–Crippen MR) is 82.8 cm³/mol. The quantitative estimate of drug-likeness (QED) is 0.760. The van der Waals surface area contributed by atoms with Gasteiger partial charge in [-0.15, -0.1) is 0 Å². The zero-order valence-corrected chi connectivity index (χ0v) is 12.1. The molecule has 2 heterocycles. The van der Waals surface area contributed by atoms with E-state index in [2.05, 4.69) is 66.6 Å². The summed E-state index contributed by atoms with van der Waals surface area (Å²) < 4.78 is 2.00. The Morgan fingerprint density at radius 1 is 1.25 bits per heavy atom. The Bertz CT molecular complexity index is 715. The molecule has 0 aliphatic heterocycles. The summed E-state index contributed by atoms with van der Waals surface area (Å²) >= 11 is 0. The van der Waals surface area contributed by atoms with E-state index in [1.54, 1.807) is 0 Å². The lowest BCUT2D eigenvalue weighted by atomic mass is 10.1. The Balaban J connectivity index is 1.71. The Kier molecular flexibility index (Phi) is 3.01. The van der Waals surface area contributed by atoms with E-state index in [4.69, 9.17) is 0 Å². The average molecular weight is 268 g/mol. The van der Waals surface area contributed by atoms with Crippen LogP contribution in [-0.2, 0) is 12.1 Å². The second kappa shape index (κ2) is 4.71. The molecular weight excluding hydrogens is 248 g/mol. The van der Waals surface area contributed by atoms with Gasteiger partial charge in [-0.3, -0.25) is 4.68 Å². The molecule has 3 aromatic rings. The summed E-state index contributed by atoms with van der Waals surface area (Å²) in [5, 5.41) is 9.08. The summed E-state index contributed by atoms with van der Waals surface area (Å²) in [6, 6.07) is 8.42. The lowest BCUT2D eigenvalue weighted by molar-refractivity contribution is 0.355. The van der Waals surface area contributed by atoms with Crippen LogP contribution in [0.25, 0.3) is 10.9 Å². The molecule has 20 heavy (non-hydrogen) atoms. The monoisotopic (exact) mass is 268 g/mol. The van der Waals surface area contributed by atoms with Gasteiger partial charge in [0.15, 0.2) is 0 Å². The van der Waals surface area contributed by atoms with E-state index in [-0.39, 0.29) is 5.54 Å². The van der Waals surface area contributed by atoms with E-state index >= 15 is 0 Å². The fourth-order valence-electron chi connectivity index (χ4n) is 2.19. The van der Waals surface area contributed by atoms with Crippen molar-refractivity contribution < 1.29 is 0 Å². The zero-order valence-electron chi connectivity index (χ0n) is 12.1. The molecule has 0 aliphatic rings. The van der Waals surface area contributed by atoms with Crippen molar-refractivity contribution in [1.82, 2.24) is 14.8 Å². The van der Waals surface area contributed by atoms with Crippen molar-refractivity contribution in [2.24, 2.45) is 0 Å². The van der Waals surface area contributed by atoms with Gasteiger partial charge in [-0.25, -0.2) is 0 Å². The lowest BCUT2D eigenvalue weighted by Gasteiger charge is -2.18. The molecule has 0 amide bonds. The Hall–Kier alpha value is -2.23. The number of nitrogens with zero attached hydrogens (tertiary/aromatic N) is 2. The first-order chi connectivity index (χ1) is 9.52. The van der Waals surface area contributed by atoms with Gasteiger partial charge in [0.25, 0.3) is 0 Å². The minimum Gasteiger partial charge on any atom is -0.381 e. The molecule has 0 spiro atoms. The van der Waals surface area contributed by atoms with E-state index < -0.39 is 0 Å². The molecule has 0 aliphatic carbocycles. The van der Waals surface area contributed by atoms with Gasteiger partial charge in [-0.2, -0.15) is 5.10 Å². The maximum atomic E-state index is 4.41. The fourth-order valence-corrected chi connectivity index (χ4v) is 2.19.